The molecule has 226 valence electrons. The van der Waals surface area contributed by atoms with E-state index in [2.05, 4.69) is 15.3 Å². The predicted molar refractivity (Wildman–Crippen MR) is 135 cm³/mol. The van der Waals surface area contributed by atoms with E-state index in [0.29, 0.717) is 25.7 Å². The van der Waals surface area contributed by atoms with Crippen molar-refractivity contribution in [2.75, 3.05) is 24.7 Å². The fourth-order valence-electron chi connectivity index (χ4n) is 7.43. The van der Waals surface area contributed by atoms with Gasteiger partial charge in [-0.1, -0.05) is 0 Å². The molecule has 8 nitrogen and oxygen atoms in total. The van der Waals surface area contributed by atoms with E-state index < -0.39 is 70.1 Å². The van der Waals surface area contributed by atoms with Gasteiger partial charge in [0.05, 0.1) is 17.2 Å². The number of rotatable bonds is 4. The predicted octanol–water partition coefficient (Wildman–Crippen LogP) is 5.12. The van der Waals surface area contributed by atoms with E-state index in [4.69, 9.17) is 4.74 Å². The largest absolute Gasteiger partial charge is 0.481 e. The normalized spacial score (nSPS) is 26.7. The maximum atomic E-state index is 15.1. The second-order valence-electron chi connectivity index (χ2n) is 11.9. The van der Waals surface area contributed by atoms with Crippen LogP contribution in [0, 0.1) is 35.2 Å². The van der Waals surface area contributed by atoms with Crippen LogP contribution in [-0.2, 0) is 21.1 Å². The van der Waals surface area contributed by atoms with E-state index in [1.54, 1.807) is 0 Å². The smallest absolute Gasteiger partial charge is 0.434 e. The van der Waals surface area contributed by atoms with Gasteiger partial charge in [-0.25, -0.2) is 23.1 Å². The Bertz CT molecular complexity index is 1420. The van der Waals surface area contributed by atoms with Crippen LogP contribution in [0.4, 0.5) is 38.0 Å². The molecule has 1 saturated heterocycles. The molecule has 2 bridgehead atoms. The molecule has 2 unspecified atom stereocenters. The van der Waals surface area contributed by atoms with Crippen LogP contribution in [0.3, 0.4) is 0 Å². The van der Waals surface area contributed by atoms with Crippen molar-refractivity contribution in [2.45, 2.75) is 62.6 Å². The number of carboxylic acid groups (broad SMARTS) is 1. The first-order valence-electron chi connectivity index (χ1n) is 13.9. The number of benzene rings is 1. The standard InChI is InChI=1S/C28H28F6N4O4/c29-18-10-19-20(22(31)21(18)30)27(1-3-42-4-2-27)12-38(19)26-35-11-17(23(37-26)28(32,33)34)24(39)36-16-8-13-5-14(9-16)7-15(6-13)25(40)41/h10-11,13-16H,1-9,12H2,(H,36,39)(H,40,41). The number of fused-ring (bicyclic) bond motifs is 4. The molecule has 6 rings (SSSR count). The topological polar surface area (TPSA) is 105 Å². The second-order valence-corrected chi connectivity index (χ2v) is 11.9. The number of nitrogens with one attached hydrogen (secondary N) is 1. The van der Waals surface area contributed by atoms with Gasteiger partial charge in [-0.05, 0) is 56.8 Å². The van der Waals surface area contributed by atoms with Gasteiger partial charge in [0.15, 0.2) is 23.1 Å². The van der Waals surface area contributed by atoms with Gasteiger partial charge in [0.25, 0.3) is 5.91 Å². The molecule has 2 saturated carbocycles. The molecule has 1 aromatic heterocycles. The minimum Gasteiger partial charge on any atom is -0.481 e. The first-order valence-corrected chi connectivity index (χ1v) is 13.9. The highest BCUT2D eigenvalue weighted by molar-refractivity contribution is 5.95. The zero-order valence-corrected chi connectivity index (χ0v) is 22.3. The average molecular weight is 599 g/mol. The maximum Gasteiger partial charge on any atom is 0.434 e. The van der Waals surface area contributed by atoms with Crippen molar-refractivity contribution in [3.8, 4) is 0 Å². The number of ether oxygens (including phenoxy) is 1. The van der Waals surface area contributed by atoms with Gasteiger partial charge < -0.3 is 20.1 Å². The third-order valence-electron chi connectivity index (χ3n) is 9.23. The molecule has 2 aromatic rings. The summed E-state index contributed by atoms with van der Waals surface area (Å²) in [6, 6.07) is 0.292. The lowest BCUT2D eigenvalue weighted by atomic mass is 9.66. The molecule has 42 heavy (non-hydrogen) atoms. The highest BCUT2D eigenvalue weighted by atomic mass is 19.4. The molecule has 4 aliphatic rings. The lowest BCUT2D eigenvalue weighted by molar-refractivity contribution is -0.144. The second kappa shape index (κ2) is 10.4. The highest BCUT2D eigenvalue weighted by Gasteiger charge is 2.49. The summed E-state index contributed by atoms with van der Waals surface area (Å²) < 4.78 is 91.8. The number of hydrogen-bond donors (Lipinski definition) is 2. The summed E-state index contributed by atoms with van der Waals surface area (Å²) in [4.78, 5) is 33.4. The molecular weight excluding hydrogens is 570 g/mol. The van der Waals surface area contributed by atoms with Crippen LogP contribution in [0.15, 0.2) is 12.3 Å². The van der Waals surface area contributed by atoms with Crippen molar-refractivity contribution in [1.29, 1.82) is 0 Å². The van der Waals surface area contributed by atoms with Crippen molar-refractivity contribution >= 4 is 23.5 Å². The zero-order valence-electron chi connectivity index (χ0n) is 22.3. The Kier molecular flexibility index (Phi) is 7.09. The van der Waals surface area contributed by atoms with Crippen LogP contribution in [0.25, 0.3) is 0 Å². The Labute approximate surface area is 236 Å². The van der Waals surface area contributed by atoms with Crippen molar-refractivity contribution in [2.24, 2.45) is 17.8 Å². The molecule has 2 N–H and O–H groups in total. The van der Waals surface area contributed by atoms with E-state index in [-0.39, 0.29) is 55.7 Å². The Hall–Kier alpha value is -3.42. The van der Waals surface area contributed by atoms with Gasteiger partial charge >= 0.3 is 12.1 Å². The molecule has 1 aromatic carbocycles. The van der Waals surface area contributed by atoms with Gasteiger partial charge in [-0.15, -0.1) is 0 Å². The molecule has 2 aliphatic carbocycles. The van der Waals surface area contributed by atoms with E-state index in [1.165, 1.54) is 0 Å². The Morgan fingerprint density at radius 2 is 1.69 bits per heavy atom. The van der Waals surface area contributed by atoms with Crippen LogP contribution in [-0.4, -0.2) is 52.8 Å². The van der Waals surface area contributed by atoms with Crippen molar-refractivity contribution in [1.82, 2.24) is 15.3 Å². The van der Waals surface area contributed by atoms with Crippen LogP contribution in [0.5, 0.6) is 0 Å². The number of aliphatic carboxylic acids is 1. The Balaban J connectivity index is 1.30. The van der Waals surface area contributed by atoms with Gasteiger partial charge in [-0.2, -0.15) is 13.2 Å². The van der Waals surface area contributed by atoms with Crippen LogP contribution >= 0.6 is 0 Å². The number of halogens is 6. The lowest BCUT2D eigenvalue weighted by Crippen LogP contribution is -2.44. The number of carbonyl (C=O) groups is 2. The molecule has 2 aliphatic heterocycles. The van der Waals surface area contributed by atoms with Crippen molar-refractivity contribution in [3.63, 3.8) is 0 Å². The van der Waals surface area contributed by atoms with Crippen LogP contribution in [0.2, 0.25) is 0 Å². The SMILES string of the molecule is O=C(NC1CC2CC(C1)CC(C(=O)O)C2)c1cnc(N2CC3(CCOCC3)c3c2cc(F)c(F)c3F)nc1C(F)(F)F. The number of amides is 1. The van der Waals surface area contributed by atoms with Gasteiger partial charge in [0, 0.05) is 49.0 Å². The molecular formula is C28H28F6N4O4. The summed E-state index contributed by atoms with van der Waals surface area (Å²) in [6.07, 6.45) is -1.23. The molecule has 1 spiro atoms. The molecule has 3 heterocycles. The molecule has 1 amide bonds. The number of anilines is 2. The summed E-state index contributed by atoms with van der Waals surface area (Å²) in [5, 5.41) is 12.0. The number of aromatic nitrogens is 2. The number of carbonyl (C=O) groups excluding carboxylic acids is 1. The molecule has 0 radical (unpaired) electrons. The fourth-order valence-corrected chi connectivity index (χ4v) is 7.43. The molecule has 2 atom stereocenters. The van der Waals surface area contributed by atoms with E-state index in [1.807, 2.05) is 0 Å². The van der Waals surface area contributed by atoms with E-state index >= 15 is 4.39 Å². The maximum absolute atomic E-state index is 15.1. The third-order valence-corrected chi connectivity index (χ3v) is 9.23. The average Bonchev–Trinajstić information content (AvgIpc) is 3.23. The number of alkyl halides is 3. The zero-order chi connectivity index (χ0) is 30.0. The van der Waals surface area contributed by atoms with Gasteiger partial charge in [0.2, 0.25) is 5.95 Å². The quantitative estimate of drug-likeness (QED) is 0.372. The number of nitrogens with zero attached hydrogens (tertiary/aromatic N) is 3. The molecule has 14 heteroatoms. The third kappa shape index (κ3) is 4.96. The Morgan fingerprint density at radius 3 is 2.31 bits per heavy atom. The lowest BCUT2D eigenvalue weighted by Gasteiger charge is -2.41. The van der Waals surface area contributed by atoms with Crippen molar-refractivity contribution < 1.29 is 45.8 Å². The summed E-state index contributed by atoms with van der Waals surface area (Å²) >= 11 is 0. The van der Waals surface area contributed by atoms with Gasteiger partial charge in [-0.3, -0.25) is 9.59 Å². The highest BCUT2D eigenvalue weighted by Crippen LogP contribution is 2.51. The van der Waals surface area contributed by atoms with E-state index in [9.17, 15) is 36.6 Å². The fraction of sp³-hybridized carbons (Fsp3) is 0.571. The minimum absolute atomic E-state index is 0.0444. The summed E-state index contributed by atoms with van der Waals surface area (Å²) in [5.41, 5.74) is -3.70. The number of carboxylic acids is 1. The first-order chi connectivity index (χ1) is 19.9. The van der Waals surface area contributed by atoms with Gasteiger partial charge in [0.1, 0.15) is 0 Å². The monoisotopic (exact) mass is 598 g/mol. The van der Waals surface area contributed by atoms with Crippen LogP contribution < -0.4 is 10.2 Å². The summed E-state index contributed by atoms with van der Waals surface area (Å²) in [6.45, 7) is 0.259. The minimum atomic E-state index is -5.07. The van der Waals surface area contributed by atoms with Crippen molar-refractivity contribution in [3.05, 3.63) is 46.5 Å². The first kappa shape index (κ1) is 28.7. The van der Waals surface area contributed by atoms with Crippen LogP contribution in [0.1, 0.15) is 66.6 Å². The summed E-state index contributed by atoms with van der Waals surface area (Å²) in [5.74, 6) is -7.36. The summed E-state index contributed by atoms with van der Waals surface area (Å²) in [7, 11) is 0. The Morgan fingerprint density at radius 1 is 1.02 bits per heavy atom. The number of hydrogen-bond acceptors (Lipinski definition) is 6. The molecule has 3 fully saturated rings. The van der Waals surface area contributed by atoms with E-state index in [0.717, 1.165) is 23.6 Å².